The summed E-state index contributed by atoms with van der Waals surface area (Å²) in [6.07, 6.45) is 1.40. The van der Waals surface area contributed by atoms with Crippen molar-refractivity contribution < 1.29 is 9.21 Å². The molecule has 0 spiro atoms. The lowest BCUT2D eigenvalue weighted by Crippen LogP contribution is -2.56. The minimum Gasteiger partial charge on any atom is -0.452 e. The number of furan rings is 1. The average molecular weight is 201 g/mol. The van der Waals surface area contributed by atoms with Crippen molar-refractivity contribution in [3.63, 3.8) is 0 Å². The van der Waals surface area contributed by atoms with Crippen LogP contribution in [0.5, 0.6) is 0 Å². The smallest absolute Gasteiger partial charge is 0.256 e. The molecule has 1 aromatic heterocycles. The first-order valence-electron chi connectivity index (χ1n) is 4.02. The average Bonchev–Trinajstić information content (AvgIpc) is 2.43. The van der Waals surface area contributed by atoms with E-state index in [9.17, 15) is 4.79 Å². The van der Waals surface area contributed by atoms with Crippen LogP contribution in [0.15, 0.2) is 16.7 Å². The lowest BCUT2D eigenvalue weighted by molar-refractivity contribution is 0.0923. The van der Waals surface area contributed by atoms with E-state index in [1.165, 1.54) is 6.26 Å². The third-order valence-electron chi connectivity index (χ3n) is 1.98. The van der Waals surface area contributed by atoms with E-state index in [0.717, 1.165) is 13.1 Å². The third kappa shape index (κ3) is 1.68. The molecule has 5 heteroatoms. The van der Waals surface area contributed by atoms with Gasteiger partial charge in [-0.3, -0.25) is 4.79 Å². The molecule has 70 valence electrons. The predicted octanol–water partition coefficient (Wildman–Crippen LogP) is 0.635. The topological polar surface area (TPSA) is 54.3 Å². The summed E-state index contributed by atoms with van der Waals surface area (Å²) in [6.45, 7) is 1.64. The number of hydrogen-bond acceptors (Lipinski definition) is 3. The molecule has 13 heavy (non-hydrogen) atoms. The second-order valence-corrected chi connectivity index (χ2v) is 3.28. The zero-order valence-corrected chi connectivity index (χ0v) is 7.60. The molecule has 0 radical (unpaired) electrons. The Morgan fingerprint density at radius 3 is 2.92 bits per heavy atom. The molecule has 4 nitrogen and oxygen atoms in total. The van der Waals surface area contributed by atoms with E-state index in [1.807, 2.05) is 0 Å². The van der Waals surface area contributed by atoms with Crippen molar-refractivity contribution >= 4 is 17.5 Å². The van der Waals surface area contributed by atoms with Gasteiger partial charge in [-0.15, -0.1) is 0 Å². The fourth-order valence-electron chi connectivity index (χ4n) is 1.11. The molecule has 0 aromatic carbocycles. The monoisotopic (exact) mass is 200 g/mol. The number of rotatable bonds is 2. The Balaban J connectivity index is 2.00. The van der Waals surface area contributed by atoms with Crippen molar-refractivity contribution in [3.8, 4) is 0 Å². The number of amides is 1. The molecule has 1 saturated heterocycles. The molecule has 1 fully saturated rings. The van der Waals surface area contributed by atoms with E-state index in [2.05, 4.69) is 10.6 Å². The van der Waals surface area contributed by atoms with Crippen molar-refractivity contribution in [3.05, 3.63) is 23.1 Å². The van der Waals surface area contributed by atoms with Crippen LogP contribution in [0.4, 0.5) is 0 Å². The molecular formula is C8H9ClN2O2. The Bertz CT molecular complexity index is 320. The second kappa shape index (κ2) is 3.40. The molecule has 1 aliphatic rings. The van der Waals surface area contributed by atoms with Crippen LogP contribution in [0.25, 0.3) is 0 Å². The van der Waals surface area contributed by atoms with Gasteiger partial charge in [-0.25, -0.2) is 0 Å². The summed E-state index contributed by atoms with van der Waals surface area (Å²) < 4.78 is 4.81. The molecule has 0 unspecified atom stereocenters. The summed E-state index contributed by atoms with van der Waals surface area (Å²) in [4.78, 5) is 11.4. The van der Waals surface area contributed by atoms with Gasteiger partial charge in [0.1, 0.15) is 0 Å². The number of carbonyl (C=O) groups excluding carboxylic acids is 1. The second-order valence-electron chi connectivity index (χ2n) is 2.94. The summed E-state index contributed by atoms with van der Waals surface area (Å²) >= 11 is 5.64. The highest BCUT2D eigenvalue weighted by atomic mass is 35.5. The van der Waals surface area contributed by atoms with Gasteiger partial charge >= 0.3 is 0 Å². The van der Waals surface area contributed by atoms with Crippen molar-refractivity contribution in [2.75, 3.05) is 13.1 Å². The molecule has 1 aromatic rings. The van der Waals surface area contributed by atoms with Crippen LogP contribution < -0.4 is 10.6 Å². The normalized spacial score (nSPS) is 16.7. The van der Waals surface area contributed by atoms with Crippen molar-refractivity contribution in [2.24, 2.45) is 0 Å². The van der Waals surface area contributed by atoms with Gasteiger partial charge in [0.2, 0.25) is 5.22 Å². The Labute approximate surface area is 80.2 Å². The summed E-state index contributed by atoms with van der Waals surface area (Å²) in [6, 6.07) is 1.78. The molecule has 0 aliphatic carbocycles. The molecule has 1 aliphatic heterocycles. The lowest BCUT2D eigenvalue weighted by atomic mass is 10.1. The first-order chi connectivity index (χ1) is 6.27. The molecule has 0 atom stereocenters. The van der Waals surface area contributed by atoms with Crippen LogP contribution in [0.2, 0.25) is 5.22 Å². The molecule has 0 saturated carbocycles. The summed E-state index contributed by atoms with van der Waals surface area (Å²) in [5, 5.41) is 6.01. The van der Waals surface area contributed by atoms with Crippen LogP contribution in [0.3, 0.4) is 0 Å². The van der Waals surface area contributed by atoms with Crippen LogP contribution in [0, 0.1) is 0 Å². The maximum atomic E-state index is 11.4. The highest BCUT2D eigenvalue weighted by molar-refractivity contribution is 6.32. The molecule has 2 N–H and O–H groups in total. The van der Waals surface area contributed by atoms with Gasteiger partial charge in [0.05, 0.1) is 17.9 Å². The summed E-state index contributed by atoms with van der Waals surface area (Å²) in [7, 11) is 0. The van der Waals surface area contributed by atoms with E-state index in [-0.39, 0.29) is 17.2 Å². The molecule has 0 bridgehead atoms. The molecule has 1 amide bonds. The zero-order valence-electron chi connectivity index (χ0n) is 6.84. The standard InChI is InChI=1S/C8H9ClN2O2/c9-7-6(1-2-13-7)8(12)11-5-3-10-4-5/h1-2,5,10H,3-4H2,(H,11,12). The van der Waals surface area contributed by atoms with E-state index < -0.39 is 0 Å². The van der Waals surface area contributed by atoms with Gasteiger partial charge in [0, 0.05) is 13.1 Å². The minimum absolute atomic E-state index is 0.143. The quantitative estimate of drug-likeness (QED) is 0.737. The number of hydrogen-bond donors (Lipinski definition) is 2. The van der Waals surface area contributed by atoms with Crippen molar-refractivity contribution in [1.29, 1.82) is 0 Å². The Hall–Kier alpha value is -1.00. The van der Waals surface area contributed by atoms with E-state index in [4.69, 9.17) is 16.0 Å². The predicted molar refractivity (Wildman–Crippen MR) is 47.8 cm³/mol. The fraction of sp³-hybridized carbons (Fsp3) is 0.375. The van der Waals surface area contributed by atoms with Crippen LogP contribution in [-0.2, 0) is 0 Å². The van der Waals surface area contributed by atoms with Crippen LogP contribution in [0.1, 0.15) is 10.4 Å². The summed E-state index contributed by atoms with van der Waals surface area (Å²) in [5.74, 6) is -0.176. The first kappa shape index (κ1) is 8.59. The van der Waals surface area contributed by atoms with Crippen LogP contribution in [-0.4, -0.2) is 25.0 Å². The molecular weight excluding hydrogens is 192 g/mol. The van der Waals surface area contributed by atoms with Gasteiger partial charge < -0.3 is 15.1 Å². The number of nitrogens with one attached hydrogen (secondary N) is 2. The zero-order chi connectivity index (χ0) is 9.26. The summed E-state index contributed by atoms with van der Waals surface area (Å²) in [5.41, 5.74) is 0.397. The lowest BCUT2D eigenvalue weighted by Gasteiger charge is -2.27. The largest absolute Gasteiger partial charge is 0.452 e. The Kier molecular flexibility index (Phi) is 2.24. The van der Waals surface area contributed by atoms with E-state index in [1.54, 1.807) is 6.07 Å². The van der Waals surface area contributed by atoms with Gasteiger partial charge in [-0.05, 0) is 17.7 Å². The van der Waals surface area contributed by atoms with Crippen molar-refractivity contribution in [2.45, 2.75) is 6.04 Å². The highest BCUT2D eigenvalue weighted by Crippen LogP contribution is 2.16. The molecule has 2 heterocycles. The van der Waals surface area contributed by atoms with E-state index in [0.29, 0.717) is 5.56 Å². The van der Waals surface area contributed by atoms with E-state index >= 15 is 0 Å². The van der Waals surface area contributed by atoms with Gasteiger partial charge in [0.15, 0.2) is 0 Å². The van der Waals surface area contributed by atoms with Crippen LogP contribution >= 0.6 is 11.6 Å². The first-order valence-corrected chi connectivity index (χ1v) is 4.40. The van der Waals surface area contributed by atoms with Gasteiger partial charge in [-0.1, -0.05) is 0 Å². The van der Waals surface area contributed by atoms with Gasteiger partial charge in [0.25, 0.3) is 5.91 Å². The highest BCUT2D eigenvalue weighted by Gasteiger charge is 2.21. The SMILES string of the molecule is O=C(NC1CNC1)c1ccoc1Cl. The Morgan fingerprint density at radius 2 is 2.46 bits per heavy atom. The molecule has 2 rings (SSSR count). The van der Waals surface area contributed by atoms with Gasteiger partial charge in [-0.2, -0.15) is 0 Å². The van der Waals surface area contributed by atoms with Crippen molar-refractivity contribution in [1.82, 2.24) is 10.6 Å². The number of halogens is 1. The maximum Gasteiger partial charge on any atom is 0.256 e. The number of carbonyl (C=O) groups is 1. The Morgan fingerprint density at radius 1 is 1.69 bits per heavy atom. The maximum absolute atomic E-state index is 11.4. The third-order valence-corrected chi connectivity index (χ3v) is 2.27. The minimum atomic E-state index is -0.176. The fourth-order valence-corrected chi connectivity index (χ4v) is 1.31.